The molecule has 4 aromatic rings. The number of benzene rings is 2. The molecule has 2 fully saturated rings. The van der Waals surface area contributed by atoms with Crippen LogP contribution >= 0.6 is 0 Å². The molecule has 18 heteroatoms. The highest BCUT2D eigenvalue weighted by Gasteiger charge is 2.59. The minimum atomic E-state index is -0.811. The van der Waals surface area contributed by atoms with E-state index in [9.17, 15) is 47.8 Å². The Morgan fingerprint density at radius 3 is 1.32 bits per heavy atom. The number of nitrogens with one attached hydrogen (secondary N) is 2. The van der Waals surface area contributed by atoms with Gasteiger partial charge in [-0.15, -0.1) is 0 Å². The number of allylic oxidation sites excluding steroid dienone is 2. The van der Waals surface area contributed by atoms with Crippen molar-refractivity contribution in [2.75, 3.05) is 67.6 Å². The van der Waals surface area contributed by atoms with E-state index in [0.29, 0.717) is 35.6 Å². The summed E-state index contributed by atoms with van der Waals surface area (Å²) < 4.78 is 32.4. The number of aromatic nitrogens is 2. The van der Waals surface area contributed by atoms with Crippen LogP contribution in [0.3, 0.4) is 0 Å². The fourth-order valence-corrected chi connectivity index (χ4v) is 11.0. The molecule has 16 nitrogen and oxygen atoms in total. The molecule has 0 aliphatic carbocycles. The van der Waals surface area contributed by atoms with Gasteiger partial charge in [-0.1, -0.05) is 48.6 Å². The molecule has 4 aliphatic heterocycles. The zero-order valence-electron chi connectivity index (χ0n) is 41.7. The molecule has 0 saturated carbocycles. The van der Waals surface area contributed by atoms with Gasteiger partial charge in [0.1, 0.15) is 11.6 Å². The molecule has 384 valence electrons. The van der Waals surface area contributed by atoms with Crippen LogP contribution in [0.1, 0.15) is 82.0 Å². The van der Waals surface area contributed by atoms with Gasteiger partial charge < -0.3 is 49.6 Å². The van der Waals surface area contributed by atoms with Gasteiger partial charge in [-0.25, -0.2) is 8.78 Å². The van der Waals surface area contributed by atoms with Crippen LogP contribution in [0.15, 0.2) is 94.5 Å². The molecular weight excluding hydrogens is 927 g/mol. The molecule has 2 aromatic heterocycles. The first-order valence-corrected chi connectivity index (χ1v) is 24.5. The molecule has 0 spiro atoms. The SMILES string of the molecule is C/C=C/c1ccc2n(c1=O)C[C@H]1[C@H](CO)[C@@H](C(=O)NCCCN(C)C)[C@@H]2N1C(=O)c1ccccc1F.C/C=C\c1ccc2n(c1=O)C[C@H]1[C@H](CO)[C@@H](C(=O)NCCCN(C)C)[C@@H]2N1C(=O)c1ccccc1F. The lowest BCUT2D eigenvalue weighted by Crippen LogP contribution is -2.49. The average molecular weight is 993 g/mol. The van der Waals surface area contributed by atoms with Gasteiger partial charge in [0.25, 0.3) is 22.9 Å². The second-order valence-electron chi connectivity index (χ2n) is 19.3. The van der Waals surface area contributed by atoms with E-state index in [1.54, 1.807) is 69.8 Å². The Labute approximate surface area is 418 Å². The molecule has 4 N–H and O–H groups in total. The van der Waals surface area contributed by atoms with Crippen LogP contribution in [-0.2, 0) is 22.7 Å². The van der Waals surface area contributed by atoms with E-state index in [-0.39, 0.29) is 60.4 Å². The van der Waals surface area contributed by atoms with Gasteiger partial charge in [-0.2, -0.15) is 0 Å². The number of pyridine rings is 2. The van der Waals surface area contributed by atoms with Crippen LogP contribution in [0.5, 0.6) is 0 Å². The minimum Gasteiger partial charge on any atom is -0.396 e. The summed E-state index contributed by atoms with van der Waals surface area (Å²) in [6.07, 6.45) is 8.46. The summed E-state index contributed by atoms with van der Waals surface area (Å²) in [6, 6.07) is 15.4. The van der Waals surface area contributed by atoms with Crippen LogP contribution in [0, 0.1) is 35.3 Å². The highest BCUT2D eigenvalue weighted by molar-refractivity contribution is 5.97. The molecule has 8 rings (SSSR count). The number of fused-ring (bicyclic) bond motifs is 8. The smallest absolute Gasteiger partial charge is 0.258 e. The van der Waals surface area contributed by atoms with Crippen molar-refractivity contribution >= 4 is 35.8 Å². The van der Waals surface area contributed by atoms with Crippen LogP contribution in [0.2, 0.25) is 0 Å². The lowest BCUT2D eigenvalue weighted by atomic mass is 9.86. The summed E-state index contributed by atoms with van der Waals surface area (Å²) in [7, 11) is 7.80. The number of aliphatic hydroxyl groups excluding tert-OH is 2. The van der Waals surface area contributed by atoms with Crippen molar-refractivity contribution in [1.29, 1.82) is 0 Å². The zero-order valence-corrected chi connectivity index (χ0v) is 41.7. The molecule has 4 amide bonds. The second kappa shape index (κ2) is 23.3. The van der Waals surface area contributed by atoms with Crippen LogP contribution < -0.4 is 21.8 Å². The van der Waals surface area contributed by atoms with Crippen molar-refractivity contribution in [3.8, 4) is 0 Å². The van der Waals surface area contributed by atoms with Crippen molar-refractivity contribution < 1.29 is 38.2 Å². The van der Waals surface area contributed by atoms with E-state index in [4.69, 9.17) is 0 Å². The second-order valence-corrected chi connectivity index (χ2v) is 19.3. The number of hydrogen-bond acceptors (Lipinski definition) is 10. The van der Waals surface area contributed by atoms with Gasteiger partial charge in [-0.3, -0.25) is 28.8 Å². The quantitative estimate of drug-likeness (QED) is 0.120. The zero-order chi connectivity index (χ0) is 52.0. The summed E-state index contributed by atoms with van der Waals surface area (Å²) in [5, 5.41) is 26.7. The number of nitrogens with zero attached hydrogens (tertiary/aromatic N) is 6. The molecule has 6 heterocycles. The standard InChI is InChI=1S/2C27H33FN4O4/c2*1-4-8-17-11-12-21-24-23(25(34)29-13-7-14-30(2)3)19(16-33)22(15-31(21)26(17)35)32(24)27(36)18-9-5-6-10-20(18)28/h2*4-6,8-12,19,22-24,33H,7,13-16H2,1-3H3,(H,29,34)/b8-4+;8-4-/t2*19-,22-,23+,24+/m00/s1. The van der Waals surface area contributed by atoms with E-state index in [2.05, 4.69) is 10.6 Å². The summed E-state index contributed by atoms with van der Waals surface area (Å²) >= 11 is 0. The number of aliphatic hydroxyl groups is 2. The van der Waals surface area contributed by atoms with Gasteiger partial charge in [0.05, 0.1) is 47.1 Å². The van der Waals surface area contributed by atoms with Crippen molar-refractivity contribution in [2.24, 2.45) is 23.7 Å². The number of carbonyl (C=O) groups excluding carboxylic acids is 4. The fourth-order valence-electron chi connectivity index (χ4n) is 11.0. The third kappa shape index (κ3) is 10.5. The van der Waals surface area contributed by atoms with Gasteiger partial charge in [-0.05, 0) is 117 Å². The molecular formula is C54H66F2N8O8. The average Bonchev–Trinajstić information content (AvgIpc) is 3.75. The number of amides is 4. The number of carbonyl (C=O) groups is 4. The summed E-state index contributed by atoms with van der Waals surface area (Å²) in [5.41, 5.74) is 1.39. The molecule has 2 saturated heterocycles. The first-order valence-electron chi connectivity index (χ1n) is 24.5. The van der Waals surface area contributed by atoms with Gasteiger partial charge in [0.2, 0.25) is 11.8 Å². The highest BCUT2D eigenvalue weighted by atomic mass is 19.1. The van der Waals surface area contributed by atoms with Crippen molar-refractivity contribution in [3.63, 3.8) is 0 Å². The molecule has 8 atom stereocenters. The Bertz CT molecular complexity index is 2640. The van der Waals surface area contributed by atoms with E-state index in [1.807, 2.05) is 51.8 Å². The molecule has 2 aromatic carbocycles. The normalized spacial score (nSPS) is 22.8. The van der Waals surface area contributed by atoms with Crippen LogP contribution in [0.25, 0.3) is 12.2 Å². The van der Waals surface area contributed by atoms with Crippen LogP contribution in [-0.4, -0.2) is 142 Å². The van der Waals surface area contributed by atoms with Crippen LogP contribution in [0.4, 0.5) is 8.78 Å². The van der Waals surface area contributed by atoms with E-state index >= 15 is 0 Å². The summed E-state index contributed by atoms with van der Waals surface area (Å²) in [6.45, 7) is 5.66. The van der Waals surface area contributed by atoms with Gasteiger partial charge in [0.15, 0.2) is 0 Å². The lowest BCUT2D eigenvalue weighted by molar-refractivity contribution is -0.128. The Balaban J connectivity index is 0.000000211. The van der Waals surface area contributed by atoms with Gasteiger partial charge >= 0.3 is 0 Å². The van der Waals surface area contributed by atoms with Crippen molar-refractivity contribution in [3.05, 3.63) is 151 Å². The van der Waals surface area contributed by atoms with E-state index in [0.717, 1.165) is 25.9 Å². The van der Waals surface area contributed by atoms with Gasteiger partial charge in [0, 0.05) is 73.7 Å². The Morgan fingerprint density at radius 2 is 0.986 bits per heavy atom. The summed E-state index contributed by atoms with van der Waals surface area (Å²) in [4.78, 5) is 87.9. The maximum Gasteiger partial charge on any atom is 0.258 e. The lowest BCUT2D eigenvalue weighted by Gasteiger charge is -2.38. The molecule has 4 aliphatic rings. The van der Waals surface area contributed by atoms with E-state index in [1.165, 1.54) is 46.2 Å². The predicted molar refractivity (Wildman–Crippen MR) is 270 cm³/mol. The van der Waals surface area contributed by atoms with Crippen molar-refractivity contribution in [1.82, 2.24) is 39.4 Å². The predicted octanol–water partition coefficient (Wildman–Crippen LogP) is 3.78. The monoisotopic (exact) mass is 992 g/mol. The van der Waals surface area contributed by atoms with E-state index < -0.39 is 71.3 Å². The fraction of sp³-hybridized carbons (Fsp3) is 0.444. The Hall–Kier alpha value is -6.60. The maximum absolute atomic E-state index is 14.6. The highest BCUT2D eigenvalue weighted by Crippen LogP contribution is 2.50. The Kier molecular flexibility index (Phi) is 17.2. The summed E-state index contributed by atoms with van der Waals surface area (Å²) in [5.74, 6) is -5.77. The number of rotatable bonds is 16. The number of hydrogen-bond donors (Lipinski definition) is 4. The Morgan fingerprint density at radius 1 is 0.611 bits per heavy atom. The number of halogens is 2. The molecule has 4 bridgehead atoms. The maximum atomic E-state index is 14.6. The third-order valence-electron chi connectivity index (χ3n) is 14.3. The van der Waals surface area contributed by atoms with Crippen molar-refractivity contribution in [2.45, 2.75) is 63.9 Å². The first kappa shape index (κ1) is 53.2. The molecule has 0 radical (unpaired) electrons. The minimum absolute atomic E-state index is 0.0995. The topological polar surface area (TPSA) is 190 Å². The largest absolute Gasteiger partial charge is 0.396 e. The molecule has 0 unspecified atom stereocenters. The first-order chi connectivity index (χ1) is 34.6. The molecule has 72 heavy (non-hydrogen) atoms. The third-order valence-corrected chi connectivity index (χ3v) is 14.3.